The molecule has 3 fully saturated rings. The summed E-state index contributed by atoms with van der Waals surface area (Å²) in [6, 6.07) is 11.7. The van der Waals surface area contributed by atoms with Crippen LogP contribution in [0.3, 0.4) is 0 Å². The number of guanidine groups is 1. The Kier molecular flexibility index (Phi) is 7.86. The van der Waals surface area contributed by atoms with Crippen LogP contribution in [-0.2, 0) is 4.74 Å². The van der Waals surface area contributed by atoms with E-state index in [9.17, 15) is 0 Å². The lowest BCUT2D eigenvalue weighted by atomic mass is 9.88. The third kappa shape index (κ3) is 5.79. The average molecular weight is 428 g/mol. The van der Waals surface area contributed by atoms with Gasteiger partial charge in [0.1, 0.15) is 0 Å². The number of nitrogens with one attached hydrogen (secondary N) is 2. The van der Waals surface area contributed by atoms with Crippen molar-refractivity contribution in [1.29, 1.82) is 0 Å². The first kappa shape index (κ1) is 22.6. The van der Waals surface area contributed by atoms with E-state index in [4.69, 9.17) is 9.73 Å². The molecule has 0 aliphatic carbocycles. The van der Waals surface area contributed by atoms with Crippen molar-refractivity contribution >= 4 is 5.96 Å². The maximum absolute atomic E-state index is 5.72. The SMILES string of the molecule is CCNC(=NCC1(NC(C)c2ccccc2)CCOCC1)N1CCC(N2CCCC2)C1. The predicted octanol–water partition coefficient (Wildman–Crippen LogP) is 3.02. The number of nitrogens with zero attached hydrogens (tertiary/aromatic N) is 3. The molecule has 2 N–H and O–H groups in total. The molecular formula is C25H41N5O. The minimum absolute atomic E-state index is 0.0116. The van der Waals surface area contributed by atoms with Gasteiger partial charge in [0.2, 0.25) is 0 Å². The zero-order valence-electron chi connectivity index (χ0n) is 19.5. The first-order valence-electron chi connectivity index (χ1n) is 12.4. The number of ether oxygens (including phenoxy) is 1. The Labute approximate surface area is 188 Å². The fourth-order valence-corrected chi connectivity index (χ4v) is 5.39. The molecule has 0 aromatic heterocycles. The Morgan fingerprint density at radius 1 is 1.16 bits per heavy atom. The topological polar surface area (TPSA) is 52.1 Å². The lowest BCUT2D eigenvalue weighted by Gasteiger charge is -2.40. The Balaban J connectivity index is 1.44. The van der Waals surface area contributed by atoms with E-state index < -0.39 is 0 Å². The van der Waals surface area contributed by atoms with Crippen LogP contribution in [0.2, 0.25) is 0 Å². The van der Waals surface area contributed by atoms with Gasteiger partial charge < -0.3 is 20.3 Å². The molecule has 3 heterocycles. The van der Waals surface area contributed by atoms with Crippen LogP contribution < -0.4 is 10.6 Å². The van der Waals surface area contributed by atoms with E-state index in [1.165, 1.54) is 37.9 Å². The highest BCUT2D eigenvalue weighted by Gasteiger charge is 2.35. The van der Waals surface area contributed by atoms with Crippen molar-refractivity contribution < 1.29 is 4.74 Å². The molecule has 3 aliphatic rings. The zero-order valence-corrected chi connectivity index (χ0v) is 19.5. The number of likely N-dealkylation sites (tertiary alicyclic amines) is 2. The van der Waals surface area contributed by atoms with E-state index in [0.29, 0.717) is 12.1 Å². The van der Waals surface area contributed by atoms with Crippen molar-refractivity contribution in [3.05, 3.63) is 35.9 Å². The van der Waals surface area contributed by atoms with E-state index in [1.807, 2.05) is 0 Å². The average Bonchev–Trinajstić information content (AvgIpc) is 3.50. The van der Waals surface area contributed by atoms with Crippen molar-refractivity contribution in [2.75, 3.05) is 52.5 Å². The predicted molar refractivity (Wildman–Crippen MR) is 128 cm³/mol. The molecule has 2 unspecified atom stereocenters. The van der Waals surface area contributed by atoms with Crippen LogP contribution in [0.15, 0.2) is 35.3 Å². The maximum Gasteiger partial charge on any atom is 0.194 e. The molecule has 0 amide bonds. The lowest BCUT2D eigenvalue weighted by molar-refractivity contribution is 0.0373. The van der Waals surface area contributed by atoms with Gasteiger partial charge in [-0.1, -0.05) is 30.3 Å². The zero-order chi connectivity index (χ0) is 21.5. The van der Waals surface area contributed by atoms with E-state index in [2.05, 4.69) is 64.6 Å². The van der Waals surface area contributed by atoms with Gasteiger partial charge in [0.05, 0.1) is 6.54 Å². The molecule has 172 valence electrons. The normalized spacial score (nSPS) is 25.7. The summed E-state index contributed by atoms with van der Waals surface area (Å²) in [5.74, 6) is 1.09. The van der Waals surface area contributed by atoms with Gasteiger partial charge in [0.25, 0.3) is 0 Å². The molecule has 2 atom stereocenters. The van der Waals surface area contributed by atoms with Gasteiger partial charge in [-0.3, -0.25) is 9.89 Å². The summed E-state index contributed by atoms with van der Waals surface area (Å²) in [5, 5.41) is 7.52. The van der Waals surface area contributed by atoms with Crippen LogP contribution in [0.25, 0.3) is 0 Å². The Bertz CT molecular complexity index is 697. The number of aliphatic imine (C=N–C) groups is 1. The van der Waals surface area contributed by atoms with Gasteiger partial charge >= 0.3 is 0 Å². The lowest BCUT2D eigenvalue weighted by Crippen LogP contribution is -2.53. The minimum Gasteiger partial charge on any atom is -0.381 e. The van der Waals surface area contributed by atoms with E-state index in [1.54, 1.807) is 0 Å². The van der Waals surface area contributed by atoms with Crippen LogP contribution in [0.4, 0.5) is 0 Å². The van der Waals surface area contributed by atoms with Gasteiger partial charge in [0, 0.05) is 50.5 Å². The molecule has 1 aromatic carbocycles. The van der Waals surface area contributed by atoms with Crippen LogP contribution in [0, 0.1) is 0 Å². The Hall–Kier alpha value is -1.63. The summed E-state index contributed by atoms with van der Waals surface area (Å²) < 4.78 is 5.72. The van der Waals surface area contributed by atoms with E-state index in [0.717, 1.165) is 58.2 Å². The van der Waals surface area contributed by atoms with Gasteiger partial charge in [0.15, 0.2) is 5.96 Å². The highest BCUT2D eigenvalue weighted by Crippen LogP contribution is 2.26. The van der Waals surface area contributed by atoms with Crippen molar-refractivity contribution in [2.45, 2.75) is 63.6 Å². The molecule has 3 saturated heterocycles. The fourth-order valence-electron chi connectivity index (χ4n) is 5.39. The molecule has 0 spiro atoms. The molecule has 6 nitrogen and oxygen atoms in total. The molecule has 4 rings (SSSR count). The van der Waals surface area contributed by atoms with Gasteiger partial charge in [-0.2, -0.15) is 0 Å². The molecule has 0 radical (unpaired) electrons. The Morgan fingerprint density at radius 3 is 2.61 bits per heavy atom. The summed E-state index contributed by atoms with van der Waals surface area (Å²) >= 11 is 0. The van der Waals surface area contributed by atoms with Crippen LogP contribution >= 0.6 is 0 Å². The second kappa shape index (κ2) is 10.8. The molecule has 1 aromatic rings. The van der Waals surface area contributed by atoms with Gasteiger partial charge in [-0.15, -0.1) is 0 Å². The van der Waals surface area contributed by atoms with Crippen LogP contribution in [0.1, 0.15) is 57.6 Å². The fraction of sp³-hybridized carbons (Fsp3) is 0.720. The summed E-state index contributed by atoms with van der Waals surface area (Å²) in [6.07, 6.45) is 5.99. The number of rotatable bonds is 7. The van der Waals surface area contributed by atoms with Crippen LogP contribution in [0.5, 0.6) is 0 Å². The van der Waals surface area contributed by atoms with Crippen LogP contribution in [-0.4, -0.2) is 79.8 Å². The third-order valence-electron chi connectivity index (χ3n) is 7.26. The van der Waals surface area contributed by atoms with E-state index >= 15 is 0 Å². The highest BCUT2D eigenvalue weighted by atomic mass is 16.5. The monoisotopic (exact) mass is 427 g/mol. The highest BCUT2D eigenvalue weighted by molar-refractivity contribution is 5.80. The standard InChI is InChI=1S/C25H41N5O/c1-3-26-24(30-16-11-23(19-30)29-14-7-8-15-29)27-20-25(12-17-31-18-13-25)28-21(2)22-9-5-4-6-10-22/h4-6,9-10,21,23,28H,3,7-8,11-20H2,1-2H3,(H,26,27). The smallest absolute Gasteiger partial charge is 0.194 e. The number of benzene rings is 1. The molecule has 31 heavy (non-hydrogen) atoms. The first-order chi connectivity index (χ1) is 15.2. The summed E-state index contributed by atoms with van der Waals surface area (Å²) in [5.41, 5.74) is 1.32. The third-order valence-corrected chi connectivity index (χ3v) is 7.26. The minimum atomic E-state index is -0.0116. The van der Waals surface area contributed by atoms with Crippen molar-refractivity contribution in [1.82, 2.24) is 20.4 Å². The number of hydrogen-bond acceptors (Lipinski definition) is 4. The maximum atomic E-state index is 5.72. The second-order valence-electron chi connectivity index (χ2n) is 9.47. The summed E-state index contributed by atoms with van der Waals surface area (Å²) in [4.78, 5) is 10.4. The number of hydrogen-bond donors (Lipinski definition) is 2. The molecule has 0 saturated carbocycles. The molecular weight excluding hydrogens is 386 g/mol. The van der Waals surface area contributed by atoms with Crippen molar-refractivity contribution in [2.24, 2.45) is 4.99 Å². The van der Waals surface area contributed by atoms with Crippen molar-refractivity contribution in [3.63, 3.8) is 0 Å². The largest absolute Gasteiger partial charge is 0.381 e. The quantitative estimate of drug-likeness (QED) is 0.518. The first-order valence-corrected chi connectivity index (χ1v) is 12.4. The van der Waals surface area contributed by atoms with Crippen molar-refractivity contribution in [3.8, 4) is 0 Å². The van der Waals surface area contributed by atoms with E-state index in [-0.39, 0.29) is 5.54 Å². The summed E-state index contributed by atoms with van der Waals surface area (Å²) in [7, 11) is 0. The Morgan fingerprint density at radius 2 is 1.90 bits per heavy atom. The summed E-state index contributed by atoms with van der Waals surface area (Å²) in [6.45, 7) is 12.5. The molecule has 3 aliphatic heterocycles. The molecule has 0 bridgehead atoms. The second-order valence-corrected chi connectivity index (χ2v) is 9.47. The van der Waals surface area contributed by atoms with Gasteiger partial charge in [-0.25, -0.2) is 0 Å². The molecule has 6 heteroatoms. The van der Waals surface area contributed by atoms with Gasteiger partial charge in [-0.05, 0) is 64.6 Å².